The van der Waals surface area contributed by atoms with Crippen LogP contribution >= 0.6 is 0 Å². The van der Waals surface area contributed by atoms with Crippen molar-refractivity contribution < 1.29 is 9.53 Å². The van der Waals surface area contributed by atoms with Crippen molar-refractivity contribution in [3.8, 4) is 5.75 Å². The van der Waals surface area contributed by atoms with Gasteiger partial charge in [-0.15, -0.1) is 0 Å². The van der Waals surface area contributed by atoms with Crippen molar-refractivity contribution >= 4 is 20.7 Å². The Morgan fingerprint density at radius 3 is 2.21 bits per heavy atom. The molecule has 3 heteroatoms. The van der Waals surface area contributed by atoms with Crippen molar-refractivity contribution in [1.82, 2.24) is 0 Å². The fourth-order valence-corrected chi connectivity index (χ4v) is 6.60. The molecule has 0 saturated heterocycles. The maximum absolute atomic E-state index is 12.9. The second-order valence-corrected chi connectivity index (χ2v) is 11.2. The second-order valence-electron chi connectivity index (χ2n) is 9.65. The van der Waals surface area contributed by atoms with Crippen LogP contribution in [0.15, 0.2) is 18.2 Å². The van der Waals surface area contributed by atoms with Crippen molar-refractivity contribution in [2.75, 3.05) is 0 Å². The summed E-state index contributed by atoms with van der Waals surface area (Å²) < 4.78 is 5.94. The minimum absolute atomic E-state index is 0.0222. The van der Waals surface area contributed by atoms with Crippen molar-refractivity contribution in [1.29, 1.82) is 0 Å². The van der Waals surface area contributed by atoms with Gasteiger partial charge in [-0.1, -0.05) is 69.8 Å². The lowest BCUT2D eigenvalue weighted by Gasteiger charge is -2.37. The Hall–Kier alpha value is -1.09. The average molecular weight is 415 g/mol. The van der Waals surface area contributed by atoms with Crippen LogP contribution in [0.25, 0.3) is 0 Å². The largest absolute Gasteiger partial charge is 0.426 e. The van der Waals surface area contributed by atoms with Crippen LogP contribution in [-0.4, -0.2) is 15.5 Å². The highest BCUT2D eigenvalue weighted by molar-refractivity contribution is 6.51. The molecule has 3 rings (SSSR count). The molecule has 0 spiro atoms. The van der Waals surface area contributed by atoms with E-state index in [0.717, 1.165) is 49.2 Å². The first kappa shape index (κ1) is 22.6. The van der Waals surface area contributed by atoms with Crippen LogP contribution in [-0.2, 0) is 11.2 Å². The molecule has 0 N–H and O–H groups in total. The van der Waals surface area contributed by atoms with E-state index in [-0.39, 0.29) is 21.4 Å². The quantitative estimate of drug-likeness (QED) is 0.305. The standard InChI is InChI=1S/C26H42O2Si/c1-4-6-19-8-10-20(11-9-19)21-12-14-22(15-13-21)26(27)28-25-17-16-24(29-3)18-23(25)7-5-2/h16-22H,4-15,29H2,1-3H3/t19-,20-,21-,22-. The van der Waals surface area contributed by atoms with Crippen LogP contribution in [0.2, 0.25) is 6.55 Å². The summed E-state index contributed by atoms with van der Waals surface area (Å²) in [4.78, 5) is 12.9. The number of aryl methyl sites for hydroxylation is 1. The summed E-state index contributed by atoms with van der Waals surface area (Å²) in [5, 5.41) is 1.46. The van der Waals surface area contributed by atoms with E-state index in [2.05, 4.69) is 38.6 Å². The fraction of sp³-hybridized carbons (Fsp3) is 0.731. The van der Waals surface area contributed by atoms with Crippen LogP contribution in [0.5, 0.6) is 5.75 Å². The number of hydrogen-bond acceptors (Lipinski definition) is 2. The molecule has 1 aromatic rings. The smallest absolute Gasteiger partial charge is 0.314 e. The topological polar surface area (TPSA) is 26.3 Å². The minimum Gasteiger partial charge on any atom is -0.426 e. The van der Waals surface area contributed by atoms with Crippen molar-refractivity contribution in [2.45, 2.75) is 97.4 Å². The van der Waals surface area contributed by atoms with Gasteiger partial charge >= 0.3 is 5.97 Å². The normalized spacial score (nSPS) is 28.0. The molecular weight excluding hydrogens is 372 g/mol. The maximum Gasteiger partial charge on any atom is 0.314 e. The zero-order chi connectivity index (χ0) is 20.6. The molecular formula is C26H42O2Si. The van der Waals surface area contributed by atoms with E-state index < -0.39 is 0 Å². The molecule has 0 radical (unpaired) electrons. The van der Waals surface area contributed by atoms with E-state index in [1.54, 1.807) is 0 Å². The zero-order valence-corrected chi connectivity index (χ0v) is 20.5. The summed E-state index contributed by atoms with van der Waals surface area (Å²) in [5.41, 5.74) is 1.23. The lowest BCUT2D eigenvalue weighted by molar-refractivity contribution is -0.140. The van der Waals surface area contributed by atoms with Crippen LogP contribution in [0, 0.1) is 23.7 Å². The molecule has 29 heavy (non-hydrogen) atoms. The molecule has 2 aliphatic rings. The lowest BCUT2D eigenvalue weighted by atomic mass is 9.69. The van der Waals surface area contributed by atoms with E-state index in [1.165, 1.54) is 62.1 Å². The molecule has 0 aromatic heterocycles. The molecule has 162 valence electrons. The van der Waals surface area contributed by atoms with Gasteiger partial charge in [0.1, 0.15) is 5.75 Å². The number of ether oxygens (including phenoxy) is 1. The summed E-state index contributed by atoms with van der Waals surface area (Å²) in [6, 6.07) is 6.50. The van der Waals surface area contributed by atoms with E-state index in [4.69, 9.17) is 4.74 Å². The Morgan fingerprint density at radius 1 is 0.966 bits per heavy atom. The molecule has 2 nitrogen and oxygen atoms in total. The van der Waals surface area contributed by atoms with E-state index in [1.807, 2.05) is 0 Å². The van der Waals surface area contributed by atoms with Gasteiger partial charge in [-0.2, -0.15) is 0 Å². The van der Waals surface area contributed by atoms with Crippen molar-refractivity contribution in [2.24, 2.45) is 23.7 Å². The average Bonchev–Trinajstić information content (AvgIpc) is 2.76. The van der Waals surface area contributed by atoms with Gasteiger partial charge in [0.2, 0.25) is 0 Å². The minimum atomic E-state index is -0.172. The summed E-state index contributed by atoms with van der Waals surface area (Å²) >= 11 is 0. The van der Waals surface area contributed by atoms with Gasteiger partial charge < -0.3 is 4.74 Å². The molecule has 0 unspecified atom stereocenters. The molecule has 0 heterocycles. The van der Waals surface area contributed by atoms with Gasteiger partial charge in [0.15, 0.2) is 0 Å². The predicted octanol–water partition coefficient (Wildman–Crippen LogP) is 5.80. The number of carbonyl (C=O) groups is 1. The first-order chi connectivity index (χ1) is 14.1. The zero-order valence-electron chi connectivity index (χ0n) is 19.1. The number of hydrogen-bond donors (Lipinski definition) is 0. The van der Waals surface area contributed by atoms with Gasteiger partial charge in [-0.25, -0.2) is 0 Å². The molecule has 2 fully saturated rings. The number of benzene rings is 1. The third-order valence-corrected chi connectivity index (χ3v) is 8.88. The van der Waals surface area contributed by atoms with Gasteiger partial charge in [0, 0.05) is 0 Å². The Balaban J connectivity index is 1.49. The molecule has 0 aliphatic heterocycles. The summed E-state index contributed by atoms with van der Waals surface area (Å²) in [6.07, 6.45) is 15.1. The number of rotatable bonds is 8. The Kier molecular flexibility index (Phi) is 8.83. The van der Waals surface area contributed by atoms with Gasteiger partial charge in [0.25, 0.3) is 0 Å². The van der Waals surface area contributed by atoms with Gasteiger partial charge in [-0.3, -0.25) is 4.79 Å². The summed E-state index contributed by atoms with van der Waals surface area (Å²) in [5.74, 6) is 3.71. The second kappa shape index (κ2) is 11.3. The third-order valence-electron chi connectivity index (χ3n) is 7.62. The Morgan fingerprint density at radius 2 is 1.62 bits per heavy atom. The van der Waals surface area contributed by atoms with E-state index in [0.29, 0.717) is 0 Å². The third kappa shape index (κ3) is 6.20. The first-order valence-corrected chi connectivity index (χ1v) is 14.6. The highest BCUT2D eigenvalue weighted by Gasteiger charge is 2.33. The molecule has 1 aromatic carbocycles. The summed E-state index contributed by atoms with van der Waals surface area (Å²) in [6.45, 7) is 6.82. The van der Waals surface area contributed by atoms with Crippen LogP contribution in [0.3, 0.4) is 0 Å². The van der Waals surface area contributed by atoms with Crippen LogP contribution in [0.1, 0.15) is 90.0 Å². The molecule has 2 saturated carbocycles. The van der Waals surface area contributed by atoms with Crippen molar-refractivity contribution in [3.63, 3.8) is 0 Å². The van der Waals surface area contributed by atoms with E-state index >= 15 is 0 Å². The summed E-state index contributed by atoms with van der Waals surface area (Å²) in [7, 11) is -0.172. The molecule has 0 bridgehead atoms. The predicted molar refractivity (Wildman–Crippen MR) is 126 cm³/mol. The van der Waals surface area contributed by atoms with Crippen LogP contribution < -0.4 is 9.92 Å². The first-order valence-electron chi connectivity index (χ1n) is 12.5. The van der Waals surface area contributed by atoms with E-state index in [9.17, 15) is 4.79 Å². The number of carbonyl (C=O) groups excluding carboxylic acids is 1. The number of esters is 1. The monoisotopic (exact) mass is 414 g/mol. The van der Waals surface area contributed by atoms with Gasteiger partial charge in [-0.05, 0) is 74.3 Å². The fourth-order valence-electron chi connectivity index (χ4n) is 5.79. The maximum atomic E-state index is 12.9. The SMILES string of the molecule is CCCc1cc([SiH2]C)ccc1OC(=O)[C@H]1CC[C@H]([C@H]2CC[C@H](CCC)CC2)CC1. The molecule has 2 aliphatic carbocycles. The van der Waals surface area contributed by atoms with Crippen LogP contribution in [0.4, 0.5) is 0 Å². The van der Waals surface area contributed by atoms with Crippen molar-refractivity contribution in [3.05, 3.63) is 23.8 Å². The molecule has 0 atom stereocenters. The highest BCUT2D eigenvalue weighted by Crippen LogP contribution is 2.42. The van der Waals surface area contributed by atoms with Gasteiger partial charge in [0.05, 0.1) is 15.4 Å². The lowest BCUT2D eigenvalue weighted by Crippen LogP contribution is -2.30. The molecule has 0 amide bonds. The highest BCUT2D eigenvalue weighted by atomic mass is 28.2. The Labute approximate surface area is 181 Å². The Bertz CT molecular complexity index is 640.